The number of aromatic nitrogens is 1. The lowest BCUT2D eigenvalue weighted by molar-refractivity contribution is 0.979. The van der Waals surface area contributed by atoms with E-state index in [1.54, 1.807) is 17.4 Å². The Bertz CT molecular complexity index is 1150. The molecule has 6 heteroatoms. The molecule has 0 atom stereocenters. The number of nitrogens with zero attached hydrogens (tertiary/aromatic N) is 3. The summed E-state index contributed by atoms with van der Waals surface area (Å²) in [5.74, 6) is 0. The molecule has 0 bridgehead atoms. The van der Waals surface area contributed by atoms with Gasteiger partial charge in [-0.25, -0.2) is 0 Å². The van der Waals surface area contributed by atoms with E-state index in [1.807, 2.05) is 60.2 Å². The minimum Gasteiger partial charge on any atom is -0.267 e. The van der Waals surface area contributed by atoms with Gasteiger partial charge in [0.15, 0.2) is 5.57 Å². The van der Waals surface area contributed by atoms with E-state index < -0.39 is 0 Å². The average Bonchev–Trinajstić information content (AvgIpc) is 3.25. The lowest BCUT2D eigenvalue weighted by Crippen LogP contribution is -2.30. The Morgan fingerprint density at radius 1 is 1.28 bits per heavy atom. The number of thiazole rings is 1. The van der Waals surface area contributed by atoms with E-state index in [0.717, 1.165) is 17.5 Å². The molecule has 0 fully saturated rings. The molecular formula is C19H13N3OS2. The molecule has 0 aliphatic carbocycles. The van der Waals surface area contributed by atoms with Gasteiger partial charge in [-0.2, -0.15) is 21.9 Å². The highest BCUT2D eigenvalue weighted by atomic mass is 32.1. The summed E-state index contributed by atoms with van der Waals surface area (Å²) in [5.41, 5.74) is 2.40. The first-order valence-electron chi connectivity index (χ1n) is 7.57. The minimum absolute atomic E-state index is 0.0611. The van der Waals surface area contributed by atoms with Crippen molar-refractivity contribution in [2.75, 3.05) is 0 Å². The molecule has 25 heavy (non-hydrogen) atoms. The summed E-state index contributed by atoms with van der Waals surface area (Å²) in [6, 6.07) is 13.3. The summed E-state index contributed by atoms with van der Waals surface area (Å²) >= 11 is 2.71. The molecule has 4 nitrogen and oxygen atoms in total. The number of hydrogen-bond donors (Lipinski definition) is 0. The van der Waals surface area contributed by atoms with Crippen LogP contribution in [0.15, 0.2) is 45.9 Å². The van der Waals surface area contributed by atoms with E-state index in [0.29, 0.717) is 14.9 Å². The van der Waals surface area contributed by atoms with Gasteiger partial charge in [-0.3, -0.25) is 9.36 Å². The van der Waals surface area contributed by atoms with E-state index in [-0.39, 0.29) is 11.1 Å². The maximum atomic E-state index is 13.0. The summed E-state index contributed by atoms with van der Waals surface area (Å²) in [6.07, 6.45) is 2.63. The van der Waals surface area contributed by atoms with Crippen LogP contribution in [0.4, 0.5) is 0 Å². The molecule has 122 valence electrons. The first kappa shape index (κ1) is 16.9. The van der Waals surface area contributed by atoms with E-state index in [9.17, 15) is 15.3 Å². The van der Waals surface area contributed by atoms with Crippen LogP contribution < -0.4 is 14.8 Å². The Kier molecular flexibility index (Phi) is 4.95. The van der Waals surface area contributed by atoms with E-state index >= 15 is 0 Å². The maximum absolute atomic E-state index is 13.0. The summed E-state index contributed by atoms with van der Waals surface area (Å²) in [7, 11) is 0. The number of benzene rings is 1. The highest BCUT2D eigenvalue weighted by molar-refractivity contribution is 7.08. The van der Waals surface area contributed by atoms with Crippen molar-refractivity contribution in [2.24, 2.45) is 0 Å². The third kappa shape index (κ3) is 3.32. The predicted octanol–water partition coefficient (Wildman–Crippen LogP) is 2.55. The topological polar surface area (TPSA) is 69.6 Å². The summed E-state index contributed by atoms with van der Waals surface area (Å²) in [4.78, 5) is 13.0. The number of nitriles is 2. The monoisotopic (exact) mass is 363 g/mol. The third-order valence-corrected chi connectivity index (χ3v) is 5.47. The molecule has 3 aromatic rings. The van der Waals surface area contributed by atoms with Crippen LogP contribution in [-0.4, -0.2) is 4.57 Å². The Hall–Kier alpha value is -2.93. The van der Waals surface area contributed by atoms with Crippen molar-refractivity contribution < 1.29 is 0 Å². The molecule has 0 unspecified atom stereocenters. The van der Waals surface area contributed by atoms with Crippen LogP contribution in [-0.2, 0) is 6.42 Å². The molecular weight excluding hydrogens is 350 g/mol. The molecule has 0 saturated carbocycles. The minimum atomic E-state index is -0.220. The fourth-order valence-corrected chi connectivity index (χ4v) is 4.10. The maximum Gasteiger partial charge on any atom is 0.273 e. The van der Waals surface area contributed by atoms with Gasteiger partial charge in [-0.05, 0) is 52.6 Å². The molecule has 0 saturated heterocycles. The molecule has 0 aliphatic heterocycles. The van der Waals surface area contributed by atoms with E-state index in [4.69, 9.17) is 0 Å². The molecule has 0 N–H and O–H groups in total. The van der Waals surface area contributed by atoms with Gasteiger partial charge in [0, 0.05) is 0 Å². The van der Waals surface area contributed by atoms with Gasteiger partial charge < -0.3 is 0 Å². The number of rotatable bonds is 3. The normalized spacial score (nSPS) is 11.1. The Morgan fingerprint density at radius 2 is 2.08 bits per heavy atom. The summed E-state index contributed by atoms with van der Waals surface area (Å²) in [6.45, 7) is 2.04. The fraction of sp³-hybridized carbons (Fsp3) is 0.105. The van der Waals surface area contributed by atoms with Gasteiger partial charge in [0.1, 0.15) is 16.8 Å². The SMILES string of the molecule is CCc1cccc(-n2c(=C(C#N)C#N)s/c(=C/c3ccsc3)c2=O)c1. The van der Waals surface area contributed by atoms with Crippen molar-refractivity contribution in [2.45, 2.75) is 13.3 Å². The lowest BCUT2D eigenvalue weighted by atomic mass is 10.1. The Balaban J connectivity index is 2.40. The molecule has 3 rings (SSSR count). The number of aryl methyl sites for hydroxylation is 1. The lowest BCUT2D eigenvalue weighted by Gasteiger charge is -2.04. The van der Waals surface area contributed by atoms with Crippen molar-refractivity contribution in [3.05, 3.63) is 71.8 Å². The van der Waals surface area contributed by atoms with Crippen molar-refractivity contribution in [1.29, 1.82) is 10.5 Å². The van der Waals surface area contributed by atoms with Crippen LogP contribution >= 0.6 is 22.7 Å². The highest BCUT2D eigenvalue weighted by Crippen LogP contribution is 2.09. The molecule has 1 aromatic carbocycles. The highest BCUT2D eigenvalue weighted by Gasteiger charge is 2.11. The van der Waals surface area contributed by atoms with Gasteiger partial charge in [-0.15, -0.1) is 11.3 Å². The van der Waals surface area contributed by atoms with Crippen LogP contribution in [0.2, 0.25) is 0 Å². The standard InChI is InChI=1S/C19H13N3OS2/c1-2-13-4-3-5-16(8-13)22-18(23)17(9-14-6-7-24-12-14)25-19(22)15(10-20)11-21/h3-9,12H,2H2,1H3/b17-9+. The zero-order valence-corrected chi connectivity index (χ0v) is 15.0. The Labute approximate surface area is 152 Å². The van der Waals surface area contributed by atoms with Gasteiger partial charge in [-0.1, -0.05) is 19.1 Å². The van der Waals surface area contributed by atoms with Gasteiger partial charge in [0.05, 0.1) is 10.2 Å². The van der Waals surface area contributed by atoms with Crippen LogP contribution in [0, 0.1) is 22.7 Å². The first-order chi connectivity index (χ1) is 12.2. The van der Waals surface area contributed by atoms with Crippen LogP contribution in [0.5, 0.6) is 0 Å². The van der Waals surface area contributed by atoms with Crippen molar-refractivity contribution in [1.82, 2.24) is 4.57 Å². The van der Waals surface area contributed by atoms with Gasteiger partial charge >= 0.3 is 0 Å². The zero-order chi connectivity index (χ0) is 17.8. The summed E-state index contributed by atoms with van der Waals surface area (Å²) < 4.78 is 2.33. The quantitative estimate of drug-likeness (QED) is 0.718. The zero-order valence-electron chi connectivity index (χ0n) is 13.4. The summed E-state index contributed by atoms with van der Waals surface area (Å²) in [5, 5.41) is 22.4. The molecule has 0 amide bonds. The van der Waals surface area contributed by atoms with Gasteiger partial charge in [0.25, 0.3) is 5.56 Å². The van der Waals surface area contributed by atoms with Crippen LogP contribution in [0.25, 0.3) is 17.3 Å². The molecule has 2 aromatic heterocycles. The molecule has 0 spiro atoms. The number of thiophene rings is 1. The molecule has 2 heterocycles. The van der Waals surface area contributed by atoms with E-state index in [2.05, 4.69) is 0 Å². The fourth-order valence-electron chi connectivity index (χ4n) is 2.43. The third-order valence-electron chi connectivity index (χ3n) is 3.68. The predicted molar refractivity (Wildman–Crippen MR) is 101 cm³/mol. The molecule has 0 aliphatic rings. The van der Waals surface area contributed by atoms with Crippen molar-refractivity contribution in [3.63, 3.8) is 0 Å². The smallest absolute Gasteiger partial charge is 0.267 e. The second-order valence-corrected chi connectivity index (χ2v) is 7.05. The second kappa shape index (κ2) is 7.31. The van der Waals surface area contributed by atoms with Crippen LogP contribution in [0.3, 0.4) is 0 Å². The van der Waals surface area contributed by atoms with E-state index in [1.165, 1.54) is 15.9 Å². The number of hydrogen-bond acceptors (Lipinski definition) is 5. The van der Waals surface area contributed by atoms with Crippen molar-refractivity contribution >= 4 is 34.3 Å². The Morgan fingerprint density at radius 3 is 2.72 bits per heavy atom. The van der Waals surface area contributed by atoms with Crippen LogP contribution in [0.1, 0.15) is 18.1 Å². The van der Waals surface area contributed by atoms with Crippen molar-refractivity contribution in [3.8, 4) is 17.8 Å². The van der Waals surface area contributed by atoms with Gasteiger partial charge in [0.2, 0.25) is 0 Å². The molecule has 0 radical (unpaired) electrons. The average molecular weight is 363 g/mol. The largest absolute Gasteiger partial charge is 0.273 e. The first-order valence-corrected chi connectivity index (χ1v) is 9.33. The second-order valence-electron chi connectivity index (χ2n) is 5.24.